The second kappa shape index (κ2) is 6.88. The van der Waals surface area contributed by atoms with E-state index in [9.17, 15) is 9.59 Å². The molecular weight excluding hydrogens is 372 g/mol. The van der Waals surface area contributed by atoms with Gasteiger partial charge in [-0.25, -0.2) is 5.01 Å². The number of benzene rings is 2. The molecule has 0 spiro atoms. The molecule has 1 heterocycles. The quantitative estimate of drug-likeness (QED) is 0.647. The van der Waals surface area contributed by atoms with Gasteiger partial charge < -0.3 is 4.74 Å². The minimum absolute atomic E-state index is 0.0741. The molecule has 2 amide bonds. The second-order valence-corrected chi connectivity index (χ2v) is 6.00. The third-order valence-electron chi connectivity index (χ3n) is 3.49. The predicted octanol–water partition coefficient (Wildman–Crippen LogP) is 3.31. The van der Waals surface area contributed by atoms with Gasteiger partial charge in [0.1, 0.15) is 11.3 Å². The van der Waals surface area contributed by atoms with Gasteiger partial charge in [0.05, 0.1) is 12.3 Å². The number of hydrogen-bond acceptors (Lipinski definition) is 3. The highest BCUT2D eigenvalue weighted by Crippen LogP contribution is 2.26. The number of amides is 2. The molecule has 0 saturated carbocycles. The number of carbonyl (C=O) groups is 2. The third-order valence-corrected chi connectivity index (χ3v) is 4.02. The van der Waals surface area contributed by atoms with E-state index in [-0.39, 0.29) is 5.57 Å². The minimum Gasteiger partial charge on any atom is -0.493 e. The van der Waals surface area contributed by atoms with Gasteiger partial charge in [0.2, 0.25) is 0 Å². The Morgan fingerprint density at radius 2 is 1.83 bits per heavy atom. The second-order valence-electron chi connectivity index (χ2n) is 5.09. The van der Waals surface area contributed by atoms with Crippen LogP contribution in [0.4, 0.5) is 5.69 Å². The van der Waals surface area contributed by atoms with Crippen molar-refractivity contribution >= 4 is 39.5 Å². The Morgan fingerprint density at radius 3 is 2.54 bits per heavy atom. The third kappa shape index (κ3) is 3.19. The topological polar surface area (TPSA) is 58.6 Å². The fourth-order valence-electron chi connectivity index (χ4n) is 2.37. The van der Waals surface area contributed by atoms with Gasteiger partial charge in [-0.3, -0.25) is 15.0 Å². The zero-order chi connectivity index (χ0) is 17.1. The number of carbonyl (C=O) groups excluding carboxylic acids is 2. The summed E-state index contributed by atoms with van der Waals surface area (Å²) >= 11 is 3.34. The van der Waals surface area contributed by atoms with Crippen molar-refractivity contribution in [1.82, 2.24) is 5.43 Å². The molecule has 0 atom stereocenters. The van der Waals surface area contributed by atoms with Crippen molar-refractivity contribution in [2.24, 2.45) is 0 Å². The summed E-state index contributed by atoms with van der Waals surface area (Å²) < 4.78 is 6.43. The molecule has 2 aromatic rings. The summed E-state index contributed by atoms with van der Waals surface area (Å²) in [5, 5.41) is 1.24. The van der Waals surface area contributed by atoms with E-state index in [1.54, 1.807) is 42.5 Å². The SMILES string of the molecule is CCOc1ccccc1/C=C1/C(=O)NN(c2ccc(Br)cc2)C1=O. The lowest BCUT2D eigenvalue weighted by molar-refractivity contribution is -0.117. The van der Waals surface area contributed by atoms with Crippen LogP contribution in [0, 0.1) is 0 Å². The van der Waals surface area contributed by atoms with Gasteiger partial charge in [-0.05, 0) is 43.3 Å². The van der Waals surface area contributed by atoms with Gasteiger partial charge in [0.15, 0.2) is 0 Å². The van der Waals surface area contributed by atoms with Crippen molar-refractivity contribution in [2.45, 2.75) is 6.92 Å². The summed E-state index contributed by atoms with van der Waals surface area (Å²) in [5.74, 6) is -0.196. The highest BCUT2D eigenvalue weighted by Gasteiger charge is 2.34. The zero-order valence-electron chi connectivity index (χ0n) is 13.0. The Hall–Kier alpha value is -2.60. The maximum atomic E-state index is 12.6. The van der Waals surface area contributed by atoms with Gasteiger partial charge in [0, 0.05) is 10.0 Å². The zero-order valence-corrected chi connectivity index (χ0v) is 14.5. The number of nitrogens with one attached hydrogen (secondary N) is 1. The normalized spacial score (nSPS) is 15.8. The molecule has 24 heavy (non-hydrogen) atoms. The number of anilines is 1. The number of rotatable bonds is 4. The first-order valence-electron chi connectivity index (χ1n) is 7.44. The molecule has 1 aliphatic rings. The lowest BCUT2D eigenvalue weighted by Crippen LogP contribution is -2.35. The summed E-state index contributed by atoms with van der Waals surface area (Å²) in [6, 6.07) is 14.4. The van der Waals surface area contributed by atoms with Crippen LogP contribution in [0.3, 0.4) is 0 Å². The lowest BCUT2D eigenvalue weighted by atomic mass is 10.1. The molecule has 1 fully saturated rings. The first kappa shape index (κ1) is 16.3. The average Bonchev–Trinajstić information content (AvgIpc) is 2.86. The van der Waals surface area contributed by atoms with Crippen molar-refractivity contribution in [1.29, 1.82) is 0 Å². The summed E-state index contributed by atoms with van der Waals surface area (Å²) in [6.07, 6.45) is 1.56. The van der Waals surface area contributed by atoms with Gasteiger partial charge in [0.25, 0.3) is 11.8 Å². The van der Waals surface area contributed by atoms with Gasteiger partial charge in [-0.2, -0.15) is 0 Å². The highest BCUT2D eigenvalue weighted by molar-refractivity contribution is 9.10. The van der Waals surface area contributed by atoms with Crippen LogP contribution < -0.4 is 15.2 Å². The van der Waals surface area contributed by atoms with Crippen LogP contribution in [0.2, 0.25) is 0 Å². The highest BCUT2D eigenvalue weighted by atomic mass is 79.9. The van der Waals surface area contributed by atoms with E-state index in [2.05, 4.69) is 21.4 Å². The molecule has 5 nitrogen and oxygen atoms in total. The Kier molecular flexibility index (Phi) is 4.66. The number of halogens is 1. The maximum absolute atomic E-state index is 12.6. The Labute approximate surface area is 148 Å². The Morgan fingerprint density at radius 1 is 1.12 bits per heavy atom. The molecule has 0 aromatic heterocycles. The van der Waals surface area contributed by atoms with E-state index in [0.717, 1.165) is 4.47 Å². The largest absolute Gasteiger partial charge is 0.493 e. The molecule has 0 unspecified atom stereocenters. The number of para-hydroxylation sites is 1. The van der Waals surface area contributed by atoms with Crippen LogP contribution in [0.25, 0.3) is 6.08 Å². The Balaban J connectivity index is 1.93. The summed E-state index contributed by atoms with van der Waals surface area (Å²) in [4.78, 5) is 24.8. The molecular formula is C18H15BrN2O3. The van der Waals surface area contributed by atoms with Crippen LogP contribution >= 0.6 is 15.9 Å². The number of hydrogen-bond donors (Lipinski definition) is 1. The molecule has 0 radical (unpaired) electrons. The molecule has 6 heteroatoms. The molecule has 0 aliphatic carbocycles. The van der Waals surface area contributed by atoms with Gasteiger partial charge in [-0.1, -0.05) is 34.1 Å². The van der Waals surface area contributed by atoms with E-state index in [0.29, 0.717) is 23.6 Å². The van der Waals surface area contributed by atoms with Gasteiger partial charge >= 0.3 is 0 Å². The van der Waals surface area contributed by atoms with Crippen LogP contribution in [0.5, 0.6) is 5.75 Å². The maximum Gasteiger partial charge on any atom is 0.282 e. The summed E-state index contributed by atoms with van der Waals surface area (Å²) in [6.45, 7) is 2.39. The molecule has 2 aromatic carbocycles. The van der Waals surface area contributed by atoms with Crippen molar-refractivity contribution in [3.05, 3.63) is 64.1 Å². The van der Waals surface area contributed by atoms with Crippen molar-refractivity contribution in [3.63, 3.8) is 0 Å². The molecule has 1 N–H and O–H groups in total. The Bertz CT molecular complexity index is 815. The molecule has 1 saturated heterocycles. The molecule has 122 valence electrons. The standard InChI is InChI=1S/C18H15BrN2O3/c1-2-24-16-6-4-3-5-12(16)11-15-17(22)20-21(18(15)23)14-9-7-13(19)8-10-14/h3-11H,2H2,1H3,(H,20,22)/b15-11-. The average molecular weight is 387 g/mol. The molecule has 1 aliphatic heterocycles. The fraction of sp³-hybridized carbons (Fsp3) is 0.111. The first-order valence-corrected chi connectivity index (χ1v) is 8.24. The van der Waals surface area contributed by atoms with Crippen molar-refractivity contribution in [2.75, 3.05) is 11.6 Å². The summed E-state index contributed by atoms with van der Waals surface area (Å²) in [5.41, 5.74) is 3.94. The smallest absolute Gasteiger partial charge is 0.282 e. The number of hydrazine groups is 1. The van der Waals surface area contributed by atoms with E-state index in [1.807, 2.05) is 19.1 Å². The fourth-order valence-corrected chi connectivity index (χ4v) is 2.64. The van der Waals surface area contributed by atoms with Crippen molar-refractivity contribution < 1.29 is 14.3 Å². The van der Waals surface area contributed by atoms with Crippen LogP contribution in [0.1, 0.15) is 12.5 Å². The molecule has 0 bridgehead atoms. The van der Waals surface area contributed by atoms with E-state index >= 15 is 0 Å². The summed E-state index contributed by atoms with van der Waals surface area (Å²) in [7, 11) is 0. The van der Waals surface area contributed by atoms with E-state index < -0.39 is 11.8 Å². The van der Waals surface area contributed by atoms with Crippen LogP contribution in [-0.4, -0.2) is 18.4 Å². The predicted molar refractivity (Wildman–Crippen MR) is 95.4 cm³/mol. The minimum atomic E-state index is -0.436. The number of nitrogens with zero attached hydrogens (tertiary/aromatic N) is 1. The first-order chi connectivity index (χ1) is 11.6. The van der Waals surface area contributed by atoms with E-state index in [4.69, 9.17) is 4.74 Å². The van der Waals surface area contributed by atoms with Gasteiger partial charge in [-0.15, -0.1) is 0 Å². The van der Waals surface area contributed by atoms with Crippen LogP contribution in [0.15, 0.2) is 58.6 Å². The van der Waals surface area contributed by atoms with E-state index in [1.165, 1.54) is 5.01 Å². The lowest BCUT2D eigenvalue weighted by Gasteiger charge is -2.14. The van der Waals surface area contributed by atoms with Crippen molar-refractivity contribution in [3.8, 4) is 5.75 Å². The van der Waals surface area contributed by atoms with Crippen LogP contribution in [-0.2, 0) is 9.59 Å². The number of ether oxygens (including phenoxy) is 1. The monoisotopic (exact) mass is 386 g/mol. The molecule has 3 rings (SSSR count).